The number of rotatable bonds is 4. The second kappa shape index (κ2) is 5.88. The molecule has 0 aromatic carbocycles. The van der Waals surface area contributed by atoms with Gasteiger partial charge in [-0.25, -0.2) is 0 Å². The molecule has 0 bridgehead atoms. The third-order valence-electron chi connectivity index (χ3n) is 0.624. The van der Waals surface area contributed by atoms with Gasteiger partial charge in [0.1, 0.15) is 11.5 Å². The highest BCUT2D eigenvalue weighted by Crippen LogP contribution is 1.91. The van der Waals surface area contributed by atoms with E-state index in [1.54, 1.807) is 0 Å². The van der Waals surface area contributed by atoms with Crippen LogP contribution >= 0.6 is 15.9 Å². The summed E-state index contributed by atoms with van der Waals surface area (Å²) < 4.78 is 10.6. The Morgan fingerprint density at radius 3 is 2.50 bits per heavy atom. The minimum atomic E-state index is -0.817. The molecule has 0 aliphatic rings. The van der Waals surface area contributed by atoms with Crippen molar-refractivity contribution in [3.8, 4) is 0 Å². The van der Waals surface area contributed by atoms with E-state index in [-0.39, 0.29) is 6.61 Å². The van der Waals surface area contributed by atoms with Crippen molar-refractivity contribution >= 4 is 27.1 Å². The van der Waals surface area contributed by atoms with Crippen LogP contribution in [-0.4, -0.2) is 33.1 Å². The molecular weight excluding hydrogens is 192 g/mol. The summed E-state index contributed by atoms with van der Waals surface area (Å²) in [6.07, 6.45) is 0. The molecule has 0 aromatic rings. The summed E-state index contributed by atoms with van der Waals surface area (Å²) in [4.78, 5) is 0. The molecule has 0 amide bonds. The van der Waals surface area contributed by atoms with Gasteiger partial charge in [0.15, 0.2) is 0 Å². The summed E-state index contributed by atoms with van der Waals surface area (Å²) >= 11 is 2.33. The monoisotopic (exact) mass is 200 g/mol. The molecule has 8 heavy (non-hydrogen) atoms. The van der Waals surface area contributed by atoms with E-state index in [1.165, 1.54) is 0 Å². The Labute approximate surface area is 60.6 Å². The Morgan fingerprint density at radius 1 is 1.50 bits per heavy atom. The molecule has 1 unspecified atom stereocenters. The van der Waals surface area contributed by atoms with Crippen LogP contribution in [0.15, 0.2) is 0 Å². The van der Waals surface area contributed by atoms with Crippen LogP contribution in [0.5, 0.6) is 0 Å². The number of hydrogen-bond acceptors (Lipinski definition) is 2. The second-order valence-electron chi connectivity index (χ2n) is 1.26. The molecule has 0 rings (SSSR count). The second-order valence-corrected chi connectivity index (χ2v) is 3.75. The molecule has 2 nitrogen and oxygen atoms in total. The lowest BCUT2D eigenvalue weighted by Crippen LogP contribution is -2.14. The Morgan fingerprint density at radius 2 is 2.12 bits per heavy atom. The average Bonchev–Trinajstić information content (AvgIpc) is 1.68. The Kier molecular flexibility index (Phi) is 6.43. The number of aliphatic hydroxyl groups is 1. The van der Waals surface area contributed by atoms with Crippen LogP contribution in [0.3, 0.4) is 0 Å². The van der Waals surface area contributed by atoms with E-state index in [4.69, 9.17) is 5.11 Å². The highest BCUT2D eigenvalue weighted by molar-refractivity contribution is 9.09. The molecule has 0 radical (unpaired) electrons. The van der Waals surface area contributed by atoms with Gasteiger partial charge in [-0.1, -0.05) is 27.1 Å². The molecule has 1 N–H and O–H groups in total. The zero-order valence-corrected chi connectivity index (χ0v) is 6.87. The van der Waals surface area contributed by atoms with Gasteiger partial charge in [0.2, 0.25) is 0 Å². The molecule has 0 saturated heterocycles. The maximum atomic E-state index is 10.6. The molecule has 0 fully saturated rings. The number of hydrogen-bond donors (Lipinski definition) is 1. The first kappa shape index (κ1) is 8.75. The van der Waals surface area contributed by atoms with Crippen molar-refractivity contribution in [2.24, 2.45) is 0 Å². The first-order chi connectivity index (χ1) is 3.81. The van der Waals surface area contributed by atoms with Gasteiger partial charge in [0.25, 0.3) is 0 Å². The first-order valence-electron chi connectivity index (χ1n) is 2.33. The van der Waals surface area contributed by atoms with Gasteiger partial charge >= 0.3 is 0 Å². The fourth-order valence-corrected chi connectivity index (χ4v) is 1.95. The molecule has 0 saturated carbocycles. The largest absolute Gasteiger partial charge is 0.616 e. The Hall–Kier alpha value is 0.750. The molecule has 0 aliphatic carbocycles. The maximum Gasteiger partial charge on any atom is 0.128 e. The van der Waals surface area contributed by atoms with Crippen LogP contribution in [0.2, 0.25) is 0 Å². The molecule has 1 atom stereocenters. The lowest BCUT2D eigenvalue weighted by atomic mass is 10.9. The van der Waals surface area contributed by atoms with Gasteiger partial charge in [0.05, 0.1) is 6.61 Å². The van der Waals surface area contributed by atoms with Gasteiger partial charge in [-0.05, 0) is 0 Å². The van der Waals surface area contributed by atoms with Crippen LogP contribution < -0.4 is 0 Å². The molecule has 0 aliphatic heterocycles. The zero-order chi connectivity index (χ0) is 6.41. The molecule has 50 valence electrons. The van der Waals surface area contributed by atoms with Crippen LogP contribution in [0.4, 0.5) is 0 Å². The Balaban J connectivity index is 2.92. The lowest BCUT2D eigenvalue weighted by Gasteiger charge is -2.05. The van der Waals surface area contributed by atoms with E-state index in [9.17, 15) is 4.55 Å². The van der Waals surface area contributed by atoms with Crippen molar-refractivity contribution in [2.75, 3.05) is 23.4 Å². The van der Waals surface area contributed by atoms with Gasteiger partial charge in [0, 0.05) is 5.33 Å². The summed E-state index contributed by atoms with van der Waals surface area (Å²) in [5.41, 5.74) is 0. The molecule has 4 heteroatoms. The van der Waals surface area contributed by atoms with Gasteiger partial charge < -0.3 is 9.66 Å². The highest BCUT2D eigenvalue weighted by Gasteiger charge is 2.00. The summed E-state index contributed by atoms with van der Waals surface area (Å²) in [6.45, 7) is 0.0274. The molecule has 0 spiro atoms. The number of alkyl halides is 1. The predicted molar refractivity (Wildman–Crippen MR) is 38.8 cm³/mol. The highest BCUT2D eigenvalue weighted by atomic mass is 79.9. The normalized spacial score (nSPS) is 13.9. The number of halogens is 1. The minimum Gasteiger partial charge on any atom is -0.616 e. The van der Waals surface area contributed by atoms with E-state index in [1.807, 2.05) is 0 Å². The minimum absolute atomic E-state index is 0.0274. The van der Waals surface area contributed by atoms with E-state index in [0.29, 0.717) is 11.5 Å². The standard InChI is InChI=1S/C4H9BrO2S/c5-1-3-8(7)4-2-6/h6H,1-4H2. The first-order valence-corrected chi connectivity index (χ1v) is 4.94. The fourth-order valence-electron chi connectivity index (χ4n) is 0.290. The summed E-state index contributed by atoms with van der Waals surface area (Å²) in [5.74, 6) is 1.05. The van der Waals surface area contributed by atoms with Crippen molar-refractivity contribution in [1.29, 1.82) is 0 Å². The quantitative estimate of drug-likeness (QED) is 0.518. The summed E-state index contributed by atoms with van der Waals surface area (Å²) in [5, 5.41) is 9.00. The SMILES string of the molecule is [O-][S+](CCO)CCBr. The topological polar surface area (TPSA) is 43.3 Å². The van der Waals surface area contributed by atoms with Crippen molar-refractivity contribution in [2.45, 2.75) is 0 Å². The lowest BCUT2D eigenvalue weighted by molar-refractivity contribution is 0.319. The molecular formula is C4H9BrO2S. The maximum absolute atomic E-state index is 10.6. The van der Waals surface area contributed by atoms with Crippen molar-refractivity contribution in [3.63, 3.8) is 0 Å². The molecule has 0 aromatic heterocycles. The van der Waals surface area contributed by atoms with E-state index >= 15 is 0 Å². The predicted octanol–water partition coefficient (Wildman–Crippen LogP) is 0.122. The van der Waals surface area contributed by atoms with Crippen molar-refractivity contribution < 1.29 is 9.66 Å². The smallest absolute Gasteiger partial charge is 0.128 e. The van der Waals surface area contributed by atoms with E-state index in [0.717, 1.165) is 5.33 Å². The van der Waals surface area contributed by atoms with Gasteiger partial charge in [-0.3, -0.25) is 0 Å². The average molecular weight is 201 g/mol. The van der Waals surface area contributed by atoms with Crippen molar-refractivity contribution in [3.05, 3.63) is 0 Å². The molecule has 0 heterocycles. The van der Waals surface area contributed by atoms with Crippen LogP contribution in [-0.2, 0) is 11.2 Å². The third-order valence-corrected chi connectivity index (χ3v) is 2.84. The van der Waals surface area contributed by atoms with Crippen LogP contribution in [0, 0.1) is 0 Å². The van der Waals surface area contributed by atoms with Crippen LogP contribution in [0.25, 0.3) is 0 Å². The third kappa shape index (κ3) is 4.90. The fraction of sp³-hybridized carbons (Fsp3) is 1.00. The van der Waals surface area contributed by atoms with E-state index < -0.39 is 11.2 Å². The van der Waals surface area contributed by atoms with E-state index in [2.05, 4.69) is 15.9 Å². The summed E-state index contributed by atoms with van der Waals surface area (Å²) in [6, 6.07) is 0. The Bertz CT molecular complexity index is 47.3. The summed E-state index contributed by atoms with van der Waals surface area (Å²) in [7, 11) is 0. The van der Waals surface area contributed by atoms with Crippen molar-refractivity contribution in [1.82, 2.24) is 0 Å². The number of aliphatic hydroxyl groups excluding tert-OH is 1. The van der Waals surface area contributed by atoms with Crippen LogP contribution in [0.1, 0.15) is 0 Å². The van der Waals surface area contributed by atoms with Gasteiger partial charge in [-0.2, -0.15) is 0 Å². The zero-order valence-electron chi connectivity index (χ0n) is 4.47. The van der Waals surface area contributed by atoms with Gasteiger partial charge in [-0.15, -0.1) is 0 Å².